The molecule has 1 heterocycles. The van der Waals surface area contributed by atoms with Crippen molar-refractivity contribution in [2.75, 3.05) is 0 Å². The molecule has 0 radical (unpaired) electrons. The molecule has 1 aliphatic carbocycles. The van der Waals surface area contributed by atoms with Crippen molar-refractivity contribution in [3.8, 4) is 0 Å². The molecule has 0 aromatic carbocycles. The number of hydrazine groups is 1. The van der Waals surface area contributed by atoms with Gasteiger partial charge < -0.3 is 10.5 Å². The predicted octanol–water partition coefficient (Wildman–Crippen LogP) is 1.57. The van der Waals surface area contributed by atoms with Crippen molar-refractivity contribution in [1.29, 1.82) is 0 Å². The number of carboxylic acids is 1. The quantitative estimate of drug-likeness (QED) is 0.683. The molecule has 2 rings (SSSR count). The van der Waals surface area contributed by atoms with E-state index in [0.29, 0.717) is 6.04 Å². The molecule has 0 aromatic heterocycles. The zero-order valence-electron chi connectivity index (χ0n) is 7.85. The maximum absolute atomic E-state index is 10.7. The zero-order valence-corrected chi connectivity index (χ0v) is 8.67. The van der Waals surface area contributed by atoms with Crippen LogP contribution in [-0.4, -0.2) is 21.5 Å². The molecule has 2 aliphatic rings. The normalized spacial score (nSPS) is 32.9. The van der Waals surface area contributed by atoms with E-state index in [4.69, 9.17) is 5.11 Å². The van der Waals surface area contributed by atoms with Crippen molar-refractivity contribution in [2.24, 2.45) is 5.92 Å². The van der Waals surface area contributed by atoms with Crippen LogP contribution in [0.4, 0.5) is 0 Å². The number of nitrogens with one attached hydrogen (secondary N) is 1. The summed E-state index contributed by atoms with van der Waals surface area (Å²) in [5, 5.41) is 10.8. The third-order valence-electron chi connectivity index (χ3n) is 2.82. The molecule has 5 heteroatoms. The van der Waals surface area contributed by atoms with Crippen LogP contribution >= 0.6 is 11.9 Å². The number of aliphatic carboxylic acids is 1. The van der Waals surface area contributed by atoms with Crippen molar-refractivity contribution in [1.82, 2.24) is 9.84 Å². The van der Waals surface area contributed by atoms with Gasteiger partial charge in [-0.15, -0.1) is 0 Å². The van der Waals surface area contributed by atoms with E-state index in [0.717, 1.165) is 25.7 Å². The van der Waals surface area contributed by atoms with E-state index in [1.807, 2.05) is 11.6 Å². The molecule has 0 saturated heterocycles. The number of hydrogen-bond donors (Lipinski definition) is 2. The Morgan fingerprint density at radius 1 is 1.43 bits per heavy atom. The van der Waals surface area contributed by atoms with Crippen LogP contribution in [-0.2, 0) is 4.79 Å². The maximum atomic E-state index is 10.7. The summed E-state index contributed by atoms with van der Waals surface area (Å²) in [6.45, 7) is 0. The van der Waals surface area contributed by atoms with Crippen LogP contribution in [0.2, 0.25) is 0 Å². The van der Waals surface area contributed by atoms with Crippen molar-refractivity contribution >= 4 is 17.9 Å². The Morgan fingerprint density at radius 3 is 2.64 bits per heavy atom. The summed E-state index contributed by atoms with van der Waals surface area (Å²) in [6, 6.07) is 0.477. The number of nitrogens with zero attached hydrogens (tertiary/aromatic N) is 1. The highest BCUT2D eigenvalue weighted by Gasteiger charge is 2.29. The van der Waals surface area contributed by atoms with Gasteiger partial charge in [-0.25, -0.2) is 0 Å². The largest absolute Gasteiger partial charge is 0.481 e. The second-order valence-electron chi connectivity index (χ2n) is 3.71. The number of carbonyl (C=O) groups is 1. The number of rotatable bonds is 2. The highest BCUT2D eigenvalue weighted by molar-refractivity contribution is 8.00. The van der Waals surface area contributed by atoms with Gasteiger partial charge in [0.25, 0.3) is 0 Å². The van der Waals surface area contributed by atoms with Gasteiger partial charge in [0.1, 0.15) is 0 Å². The average Bonchev–Trinajstić information content (AvgIpc) is 2.71. The Balaban J connectivity index is 1.81. The Kier molecular flexibility index (Phi) is 2.98. The van der Waals surface area contributed by atoms with E-state index >= 15 is 0 Å². The molecule has 0 unspecified atom stereocenters. The van der Waals surface area contributed by atoms with Crippen molar-refractivity contribution in [3.05, 3.63) is 11.6 Å². The molecule has 1 saturated carbocycles. The fourth-order valence-electron chi connectivity index (χ4n) is 1.98. The first-order valence-electron chi connectivity index (χ1n) is 4.87. The molecule has 14 heavy (non-hydrogen) atoms. The fourth-order valence-corrected chi connectivity index (χ4v) is 2.74. The van der Waals surface area contributed by atoms with Crippen molar-refractivity contribution in [3.63, 3.8) is 0 Å². The van der Waals surface area contributed by atoms with Crippen LogP contribution in [0.25, 0.3) is 0 Å². The molecule has 1 fully saturated rings. The van der Waals surface area contributed by atoms with E-state index < -0.39 is 5.97 Å². The molecule has 0 bridgehead atoms. The van der Waals surface area contributed by atoms with Gasteiger partial charge in [-0.3, -0.25) is 4.79 Å². The van der Waals surface area contributed by atoms with Gasteiger partial charge in [-0.2, -0.15) is 4.41 Å². The smallest absolute Gasteiger partial charge is 0.306 e. The third kappa shape index (κ3) is 2.04. The molecule has 78 valence electrons. The van der Waals surface area contributed by atoms with Crippen molar-refractivity contribution < 1.29 is 9.90 Å². The summed E-state index contributed by atoms with van der Waals surface area (Å²) in [5.74, 6) is -0.754. The highest BCUT2D eigenvalue weighted by Crippen LogP contribution is 2.31. The SMILES string of the molecule is O=C(O)C1CCC(N2NC=CS2)CC1. The van der Waals surface area contributed by atoms with Crippen LogP contribution in [0.1, 0.15) is 25.7 Å². The minimum atomic E-state index is -0.636. The molecule has 0 amide bonds. The van der Waals surface area contributed by atoms with Gasteiger partial charge in [0, 0.05) is 17.6 Å². The minimum Gasteiger partial charge on any atom is -0.481 e. The van der Waals surface area contributed by atoms with Gasteiger partial charge in [-0.1, -0.05) is 0 Å². The van der Waals surface area contributed by atoms with Gasteiger partial charge in [-0.05, 0) is 37.6 Å². The summed E-state index contributed by atoms with van der Waals surface area (Å²) < 4.78 is 2.11. The summed E-state index contributed by atoms with van der Waals surface area (Å²) in [5.41, 5.74) is 3.14. The Morgan fingerprint density at radius 2 is 2.14 bits per heavy atom. The second kappa shape index (κ2) is 4.23. The molecule has 1 aliphatic heterocycles. The minimum absolute atomic E-state index is 0.119. The van der Waals surface area contributed by atoms with Crippen LogP contribution in [0.3, 0.4) is 0 Å². The summed E-state index contributed by atoms with van der Waals surface area (Å²) in [7, 11) is 0. The third-order valence-corrected chi connectivity index (χ3v) is 3.71. The topological polar surface area (TPSA) is 52.6 Å². The van der Waals surface area contributed by atoms with E-state index in [9.17, 15) is 4.79 Å². The van der Waals surface area contributed by atoms with Crippen LogP contribution in [0.15, 0.2) is 11.6 Å². The van der Waals surface area contributed by atoms with Gasteiger partial charge in [0.15, 0.2) is 0 Å². The summed E-state index contributed by atoms with van der Waals surface area (Å²) >= 11 is 1.65. The lowest BCUT2D eigenvalue weighted by Crippen LogP contribution is -2.38. The Hall–Kier alpha value is -0.680. The lowest BCUT2D eigenvalue weighted by molar-refractivity contribution is -0.143. The Labute approximate surface area is 87.5 Å². The molecular weight excluding hydrogens is 200 g/mol. The van der Waals surface area contributed by atoms with Gasteiger partial charge >= 0.3 is 5.97 Å². The van der Waals surface area contributed by atoms with E-state index in [2.05, 4.69) is 9.84 Å². The second-order valence-corrected chi connectivity index (χ2v) is 4.58. The number of hydrogen-bond acceptors (Lipinski definition) is 4. The lowest BCUT2D eigenvalue weighted by Gasteiger charge is -2.31. The first kappa shape index (κ1) is 9.86. The predicted molar refractivity (Wildman–Crippen MR) is 55.1 cm³/mol. The zero-order chi connectivity index (χ0) is 9.97. The highest BCUT2D eigenvalue weighted by atomic mass is 32.2. The summed E-state index contributed by atoms with van der Waals surface area (Å²) in [4.78, 5) is 10.7. The van der Waals surface area contributed by atoms with Crippen LogP contribution in [0, 0.1) is 5.92 Å². The standard InChI is InChI=1S/C9H14N2O2S/c12-9(13)7-1-3-8(4-2-7)11-10-5-6-14-11/h5-8,10H,1-4H2,(H,12,13). The van der Waals surface area contributed by atoms with Crippen LogP contribution < -0.4 is 5.43 Å². The first-order chi connectivity index (χ1) is 6.77. The molecule has 0 atom stereocenters. The van der Waals surface area contributed by atoms with E-state index in [1.54, 1.807) is 11.9 Å². The average molecular weight is 214 g/mol. The van der Waals surface area contributed by atoms with Crippen LogP contribution in [0.5, 0.6) is 0 Å². The summed E-state index contributed by atoms with van der Waals surface area (Å²) in [6.07, 6.45) is 5.46. The molecule has 2 N–H and O–H groups in total. The van der Waals surface area contributed by atoms with E-state index in [-0.39, 0.29) is 5.92 Å². The van der Waals surface area contributed by atoms with Gasteiger partial charge in [0.2, 0.25) is 0 Å². The van der Waals surface area contributed by atoms with Gasteiger partial charge in [0.05, 0.1) is 5.92 Å². The molecule has 0 aromatic rings. The lowest BCUT2D eigenvalue weighted by atomic mass is 9.86. The van der Waals surface area contributed by atoms with E-state index in [1.165, 1.54) is 0 Å². The fraction of sp³-hybridized carbons (Fsp3) is 0.667. The van der Waals surface area contributed by atoms with Crippen molar-refractivity contribution in [2.45, 2.75) is 31.7 Å². The monoisotopic (exact) mass is 214 g/mol. The number of carboxylic acid groups (broad SMARTS) is 1. The molecular formula is C9H14N2O2S. The Bertz CT molecular complexity index is 241. The molecule has 0 spiro atoms. The molecule has 4 nitrogen and oxygen atoms in total. The first-order valence-corrected chi connectivity index (χ1v) is 5.71. The maximum Gasteiger partial charge on any atom is 0.306 e.